The van der Waals surface area contributed by atoms with Gasteiger partial charge in [-0.2, -0.15) is 0 Å². The number of amides is 2. The maximum atomic E-state index is 14.2. The van der Waals surface area contributed by atoms with Crippen molar-refractivity contribution in [1.82, 2.24) is 4.90 Å². The number of anilines is 1. The lowest BCUT2D eigenvalue weighted by Crippen LogP contribution is -2.48. The second-order valence-electron chi connectivity index (χ2n) is 6.45. The van der Waals surface area contributed by atoms with Crippen LogP contribution in [0.3, 0.4) is 0 Å². The fraction of sp³-hybridized carbons (Fsp3) is 0.529. The summed E-state index contributed by atoms with van der Waals surface area (Å²) in [5.74, 6) is -0.852. The van der Waals surface area contributed by atoms with Crippen LogP contribution in [0.1, 0.15) is 43.0 Å². The highest BCUT2D eigenvalue weighted by molar-refractivity contribution is 5.99. The molecule has 2 heterocycles. The summed E-state index contributed by atoms with van der Waals surface area (Å²) in [6.07, 6.45) is 2.74. The Morgan fingerprint density at radius 2 is 2.13 bits per heavy atom. The van der Waals surface area contributed by atoms with Crippen LogP contribution >= 0.6 is 0 Å². The average molecular weight is 319 g/mol. The summed E-state index contributed by atoms with van der Waals surface area (Å²) in [6, 6.07) is 4.41. The minimum absolute atomic E-state index is 0.0114. The molecule has 6 heteroatoms. The van der Waals surface area contributed by atoms with E-state index in [2.05, 4.69) is 0 Å². The molecule has 0 spiro atoms. The quantitative estimate of drug-likeness (QED) is 0.905. The van der Waals surface area contributed by atoms with Crippen LogP contribution in [0.15, 0.2) is 18.2 Å². The highest BCUT2D eigenvalue weighted by atomic mass is 19.1. The van der Waals surface area contributed by atoms with Gasteiger partial charge in [-0.3, -0.25) is 9.59 Å². The van der Waals surface area contributed by atoms with E-state index < -0.39 is 5.82 Å². The Morgan fingerprint density at radius 1 is 1.35 bits per heavy atom. The molecule has 0 radical (unpaired) electrons. The van der Waals surface area contributed by atoms with E-state index in [4.69, 9.17) is 5.73 Å². The van der Waals surface area contributed by atoms with Crippen LogP contribution in [0.4, 0.5) is 10.1 Å². The summed E-state index contributed by atoms with van der Waals surface area (Å²) < 4.78 is 14.2. The largest absolute Gasteiger partial charge is 0.336 e. The van der Waals surface area contributed by atoms with Gasteiger partial charge >= 0.3 is 0 Å². The molecule has 0 saturated carbocycles. The van der Waals surface area contributed by atoms with Crippen LogP contribution < -0.4 is 10.6 Å². The van der Waals surface area contributed by atoms with Gasteiger partial charge < -0.3 is 15.5 Å². The van der Waals surface area contributed by atoms with E-state index in [-0.39, 0.29) is 29.5 Å². The predicted octanol–water partition coefficient (Wildman–Crippen LogP) is 1.90. The standard InChI is InChI=1S/C17H22FN3O2/c1-11-9-12(19)6-8-20(11)17(23)14-10-13(4-5-15(14)18)21-7-2-3-16(21)22/h4-5,10-12H,2-3,6-9,19H2,1H3/t11-,12-/m1/s1. The molecule has 5 nitrogen and oxygen atoms in total. The molecule has 2 N–H and O–H groups in total. The monoisotopic (exact) mass is 319 g/mol. The molecular weight excluding hydrogens is 297 g/mol. The van der Waals surface area contributed by atoms with Gasteiger partial charge in [0.15, 0.2) is 0 Å². The van der Waals surface area contributed by atoms with Crippen molar-refractivity contribution in [3.8, 4) is 0 Å². The van der Waals surface area contributed by atoms with Gasteiger partial charge in [0.2, 0.25) is 5.91 Å². The third-order valence-electron chi connectivity index (χ3n) is 4.74. The minimum Gasteiger partial charge on any atom is -0.336 e. The van der Waals surface area contributed by atoms with E-state index >= 15 is 0 Å². The first-order valence-electron chi connectivity index (χ1n) is 8.14. The number of nitrogens with zero attached hydrogens (tertiary/aromatic N) is 2. The van der Waals surface area contributed by atoms with Crippen molar-refractivity contribution in [2.75, 3.05) is 18.0 Å². The number of likely N-dealkylation sites (tertiary alicyclic amines) is 1. The minimum atomic E-state index is -0.549. The van der Waals surface area contributed by atoms with Crippen LogP contribution in [0.2, 0.25) is 0 Å². The van der Waals surface area contributed by atoms with Gasteiger partial charge in [-0.15, -0.1) is 0 Å². The topological polar surface area (TPSA) is 66.6 Å². The molecule has 0 bridgehead atoms. The summed E-state index contributed by atoms with van der Waals surface area (Å²) in [7, 11) is 0. The lowest BCUT2D eigenvalue weighted by molar-refractivity contribution is -0.117. The molecule has 124 valence electrons. The Hall–Kier alpha value is -1.95. The molecule has 2 aliphatic heterocycles. The van der Waals surface area contributed by atoms with Gasteiger partial charge in [-0.25, -0.2) is 4.39 Å². The van der Waals surface area contributed by atoms with Crippen molar-refractivity contribution in [3.63, 3.8) is 0 Å². The van der Waals surface area contributed by atoms with Gasteiger partial charge in [-0.1, -0.05) is 0 Å². The van der Waals surface area contributed by atoms with Crippen LogP contribution in [-0.4, -0.2) is 41.9 Å². The number of halogens is 1. The van der Waals surface area contributed by atoms with E-state index in [9.17, 15) is 14.0 Å². The number of hydrogen-bond donors (Lipinski definition) is 1. The van der Waals surface area contributed by atoms with E-state index in [1.165, 1.54) is 12.1 Å². The Labute approximate surface area is 135 Å². The molecular formula is C17H22FN3O2. The van der Waals surface area contributed by atoms with Gasteiger partial charge in [0.1, 0.15) is 5.82 Å². The summed E-state index contributed by atoms with van der Waals surface area (Å²) >= 11 is 0. The van der Waals surface area contributed by atoms with Crippen molar-refractivity contribution in [2.24, 2.45) is 5.73 Å². The number of rotatable bonds is 2. The summed E-state index contributed by atoms with van der Waals surface area (Å²) in [6.45, 7) is 3.09. The summed E-state index contributed by atoms with van der Waals surface area (Å²) in [4.78, 5) is 27.9. The normalized spacial score (nSPS) is 25.1. The lowest BCUT2D eigenvalue weighted by Gasteiger charge is -2.36. The Kier molecular flexibility index (Phi) is 4.35. The number of carbonyl (C=O) groups is 2. The van der Waals surface area contributed by atoms with Crippen molar-refractivity contribution in [1.29, 1.82) is 0 Å². The molecule has 3 rings (SSSR count). The first-order chi connectivity index (χ1) is 11.0. The first kappa shape index (κ1) is 15.9. The number of nitrogens with two attached hydrogens (primary N) is 1. The van der Waals surface area contributed by atoms with Gasteiger partial charge in [-0.05, 0) is 44.4 Å². The molecule has 2 atom stereocenters. The average Bonchev–Trinajstić information content (AvgIpc) is 2.93. The van der Waals surface area contributed by atoms with Crippen molar-refractivity contribution in [2.45, 2.75) is 44.7 Å². The van der Waals surface area contributed by atoms with Crippen molar-refractivity contribution in [3.05, 3.63) is 29.6 Å². The number of hydrogen-bond acceptors (Lipinski definition) is 3. The SMILES string of the molecule is C[C@@H]1C[C@H](N)CCN1C(=O)c1cc(N2CCCC2=O)ccc1F. The van der Waals surface area contributed by atoms with E-state index in [1.54, 1.807) is 15.9 Å². The highest BCUT2D eigenvalue weighted by Crippen LogP contribution is 2.26. The second kappa shape index (κ2) is 6.28. The van der Waals surface area contributed by atoms with Crippen LogP contribution in [0, 0.1) is 5.82 Å². The van der Waals surface area contributed by atoms with E-state index in [0.717, 1.165) is 19.3 Å². The zero-order valence-electron chi connectivity index (χ0n) is 13.3. The Bertz CT molecular complexity index is 634. The summed E-state index contributed by atoms with van der Waals surface area (Å²) in [5.41, 5.74) is 6.55. The first-order valence-corrected chi connectivity index (χ1v) is 8.14. The van der Waals surface area contributed by atoms with E-state index in [0.29, 0.717) is 25.2 Å². The number of piperidine rings is 1. The maximum absolute atomic E-state index is 14.2. The molecule has 2 aliphatic rings. The molecule has 0 aliphatic carbocycles. The Balaban J connectivity index is 1.86. The highest BCUT2D eigenvalue weighted by Gasteiger charge is 2.30. The molecule has 2 saturated heterocycles. The second-order valence-corrected chi connectivity index (χ2v) is 6.45. The van der Waals surface area contributed by atoms with Gasteiger partial charge in [0.25, 0.3) is 5.91 Å². The van der Waals surface area contributed by atoms with Gasteiger partial charge in [0.05, 0.1) is 5.56 Å². The van der Waals surface area contributed by atoms with Crippen LogP contribution in [-0.2, 0) is 4.79 Å². The number of carbonyl (C=O) groups excluding carboxylic acids is 2. The van der Waals surface area contributed by atoms with E-state index in [1.807, 2.05) is 6.92 Å². The molecule has 0 unspecified atom stereocenters. The van der Waals surface area contributed by atoms with Gasteiger partial charge in [0, 0.05) is 37.3 Å². The van der Waals surface area contributed by atoms with Crippen LogP contribution in [0.25, 0.3) is 0 Å². The molecule has 0 aromatic heterocycles. The lowest BCUT2D eigenvalue weighted by atomic mass is 9.98. The zero-order chi connectivity index (χ0) is 16.6. The van der Waals surface area contributed by atoms with Crippen molar-refractivity contribution < 1.29 is 14.0 Å². The third-order valence-corrected chi connectivity index (χ3v) is 4.74. The summed E-state index contributed by atoms with van der Waals surface area (Å²) in [5, 5.41) is 0. The number of benzene rings is 1. The van der Waals surface area contributed by atoms with Crippen molar-refractivity contribution >= 4 is 17.5 Å². The maximum Gasteiger partial charge on any atom is 0.257 e. The molecule has 23 heavy (non-hydrogen) atoms. The predicted molar refractivity (Wildman–Crippen MR) is 85.7 cm³/mol. The molecule has 2 amide bonds. The molecule has 2 fully saturated rings. The molecule has 1 aromatic rings. The Morgan fingerprint density at radius 3 is 2.78 bits per heavy atom. The third kappa shape index (κ3) is 3.08. The van der Waals surface area contributed by atoms with Crippen LogP contribution in [0.5, 0.6) is 0 Å². The molecule has 1 aromatic carbocycles. The fourth-order valence-corrected chi connectivity index (χ4v) is 3.43. The smallest absolute Gasteiger partial charge is 0.257 e. The zero-order valence-corrected chi connectivity index (χ0v) is 13.3. The fourth-order valence-electron chi connectivity index (χ4n) is 3.43.